The number of rotatable bonds is 5. The molecule has 2 heterocycles. The molecule has 1 amide bonds. The molecule has 1 aliphatic heterocycles. The predicted molar refractivity (Wildman–Crippen MR) is 137 cm³/mol. The number of aromatic nitrogens is 2. The van der Waals surface area contributed by atoms with Gasteiger partial charge in [0.1, 0.15) is 5.75 Å². The van der Waals surface area contributed by atoms with Gasteiger partial charge in [-0.1, -0.05) is 40.9 Å². The van der Waals surface area contributed by atoms with Crippen molar-refractivity contribution in [2.75, 3.05) is 37.7 Å². The minimum absolute atomic E-state index is 0.117. The second-order valence-corrected chi connectivity index (χ2v) is 9.60. The summed E-state index contributed by atoms with van der Waals surface area (Å²) in [5, 5.41) is 9.89. The van der Waals surface area contributed by atoms with E-state index in [0.717, 1.165) is 17.1 Å². The van der Waals surface area contributed by atoms with Gasteiger partial charge in [0.15, 0.2) is 12.4 Å². The average molecular weight is 520 g/mol. The van der Waals surface area contributed by atoms with E-state index in [4.69, 9.17) is 39.5 Å². The summed E-state index contributed by atoms with van der Waals surface area (Å²) < 4.78 is 5.58. The highest BCUT2D eigenvalue weighted by molar-refractivity contribution is 6.43. The van der Waals surface area contributed by atoms with Crippen molar-refractivity contribution >= 4 is 46.5 Å². The second kappa shape index (κ2) is 10.4. The number of hydrogen-bond donors (Lipinski definition) is 0. The minimum Gasteiger partial charge on any atom is -0.482 e. The molecule has 0 bridgehead atoms. The summed E-state index contributed by atoms with van der Waals surface area (Å²) in [6.45, 7) is 8.64. The number of carbonyl (C=O) groups is 1. The molecule has 34 heavy (non-hydrogen) atoms. The molecule has 9 heteroatoms. The highest BCUT2D eigenvalue weighted by Crippen LogP contribution is 2.34. The van der Waals surface area contributed by atoms with E-state index in [1.807, 2.05) is 12.1 Å². The van der Waals surface area contributed by atoms with Crippen LogP contribution in [0.25, 0.3) is 11.3 Å². The van der Waals surface area contributed by atoms with Crippen molar-refractivity contribution in [3.05, 3.63) is 68.2 Å². The quantitative estimate of drug-likeness (QED) is 0.401. The summed E-state index contributed by atoms with van der Waals surface area (Å²) in [6.07, 6.45) is 0. The highest BCUT2D eigenvalue weighted by atomic mass is 35.5. The summed E-state index contributed by atoms with van der Waals surface area (Å²) >= 11 is 18.1. The van der Waals surface area contributed by atoms with Crippen molar-refractivity contribution in [3.8, 4) is 17.0 Å². The van der Waals surface area contributed by atoms with Crippen LogP contribution in [0.4, 0.5) is 5.82 Å². The largest absolute Gasteiger partial charge is 0.482 e. The van der Waals surface area contributed by atoms with Crippen molar-refractivity contribution in [3.63, 3.8) is 0 Å². The fourth-order valence-electron chi connectivity index (χ4n) is 3.90. The van der Waals surface area contributed by atoms with Crippen molar-refractivity contribution in [1.82, 2.24) is 15.1 Å². The standard InChI is InChI=1S/C25H25Cl3N4O2/c1-15-10-17(3)18(11-16(15)2)22-4-5-24(30-29-22)31-6-8-32(9-7-31)25(33)14-34-23-13-20(27)19(26)12-21(23)28/h4-5,10-13H,6-9,14H2,1-3H3. The van der Waals surface area contributed by atoms with E-state index in [1.165, 1.54) is 28.8 Å². The molecule has 178 valence electrons. The molecule has 4 rings (SSSR count). The van der Waals surface area contributed by atoms with E-state index in [9.17, 15) is 4.79 Å². The van der Waals surface area contributed by atoms with Crippen LogP contribution >= 0.6 is 34.8 Å². The summed E-state index contributed by atoms with van der Waals surface area (Å²) in [7, 11) is 0. The zero-order valence-electron chi connectivity index (χ0n) is 19.2. The van der Waals surface area contributed by atoms with Gasteiger partial charge in [0.25, 0.3) is 5.91 Å². The lowest BCUT2D eigenvalue weighted by Gasteiger charge is -2.35. The lowest BCUT2D eigenvalue weighted by Crippen LogP contribution is -2.50. The van der Waals surface area contributed by atoms with Crippen LogP contribution < -0.4 is 9.64 Å². The highest BCUT2D eigenvalue weighted by Gasteiger charge is 2.23. The van der Waals surface area contributed by atoms with E-state index in [1.54, 1.807) is 4.90 Å². The van der Waals surface area contributed by atoms with E-state index in [0.29, 0.717) is 47.0 Å². The van der Waals surface area contributed by atoms with Crippen LogP contribution in [0, 0.1) is 20.8 Å². The lowest BCUT2D eigenvalue weighted by atomic mass is 9.99. The summed E-state index contributed by atoms with van der Waals surface area (Å²) in [5.74, 6) is 1.02. The van der Waals surface area contributed by atoms with Gasteiger partial charge >= 0.3 is 0 Å². The Morgan fingerprint density at radius 2 is 1.53 bits per heavy atom. The van der Waals surface area contributed by atoms with Gasteiger partial charge in [0.2, 0.25) is 0 Å². The molecular weight excluding hydrogens is 495 g/mol. The van der Waals surface area contributed by atoms with Crippen molar-refractivity contribution in [1.29, 1.82) is 0 Å². The average Bonchev–Trinajstić information content (AvgIpc) is 2.83. The smallest absolute Gasteiger partial charge is 0.260 e. The van der Waals surface area contributed by atoms with Gasteiger partial charge in [0, 0.05) is 37.8 Å². The van der Waals surface area contributed by atoms with Crippen LogP contribution in [0.15, 0.2) is 36.4 Å². The Balaban J connectivity index is 1.33. The van der Waals surface area contributed by atoms with Gasteiger partial charge in [-0.3, -0.25) is 4.79 Å². The minimum atomic E-state index is -0.124. The summed E-state index contributed by atoms with van der Waals surface area (Å²) in [5.41, 5.74) is 5.64. The number of carbonyl (C=O) groups excluding carboxylic acids is 1. The molecule has 0 radical (unpaired) electrons. The van der Waals surface area contributed by atoms with Crippen LogP contribution in [0.2, 0.25) is 15.1 Å². The molecule has 2 aromatic carbocycles. The molecule has 0 atom stereocenters. The van der Waals surface area contributed by atoms with Crippen molar-refractivity contribution < 1.29 is 9.53 Å². The molecule has 3 aromatic rings. The van der Waals surface area contributed by atoms with Gasteiger partial charge in [-0.15, -0.1) is 10.2 Å². The number of piperazine rings is 1. The van der Waals surface area contributed by atoms with Crippen LogP contribution in [0.3, 0.4) is 0 Å². The molecule has 1 saturated heterocycles. The third-order valence-electron chi connectivity index (χ3n) is 6.05. The van der Waals surface area contributed by atoms with Gasteiger partial charge in [-0.25, -0.2) is 0 Å². The van der Waals surface area contributed by atoms with Crippen molar-refractivity contribution in [2.24, 2.45) is 0 Å². The molecule has 0 aliphatic carbocycles. The molecule has 0 unspecified atom stereocenters. The lowest BCUT2D eigenvalue weighted by molar-refractivity contribution is -0.133. The van der Waals surface area contributed by atoms with Crippen molar-refractivity contribution in [2.45, 2.75) is 20.8 Å². The first kappa shape index (κ1) is 24.6. The Labute approximate surface area is 214 Å². The monoisotopic (exact) mass is 518 g/mol. The van der Waals surface area contributed by atoms with Crippen LogP contribution in [0.5, 0.6) is 5.75 Å². The first-order valence-electron chi connectivity index (χ1n) is 10.9. The molecular formula is C25H25Cl3N4O2. The van der Waals surface area contributed by atoms with Gasteiger partial charge in [0.05, 0.1) is 20.8 Å². The maximum absolute atomic E-state index is 12.6. The molecule has 1 aromatic heterocycles. The maximum atomic E-state index is 12.6. The molecule has 0 saturated carbocycles. The second-order valence-electron chi connectivity index (χ2n) is 8.38. The fourth-order valence-corrected chi connectivity index (χ4v) is 4.50. The molecule has 1 fully saturated rings. The fraction of sp³-hybridized carbons (Fsp3) is 0.320. The molecule has 0 N–H and O–H groups in total. The number of anilines is 1. The summed E-state index contributed by atoms with van der Waals surface area (Å²) in [6, 6.07) is 11.3. The Bertz CT molecular complexity index is 1210. The summed E-state index contributed by atoms with van der Waals surface area (Å²) in [4.78, 5) is 16.5. The Hall–Kier alpha value is -2.54. The molecule has 1 aliphatic rings. The number of hydrogen-bond acceptors (Lipinski definition) is 5. The number of ether oxygens (including phenoxy) is 1. The zero-order chi connectivity index (χ0) is 24.4. The van der Waals surface area contributed by atoms with Crippen LogP contribution in [-0.2, 0) is 4.79 Å². The van der Waals surface area contributed by atoms with Crippen LogP contribution in [0.1, 0.15) is 16.7 Å². The van der Waals surface area contributed by atoms with E-state index < -0.39 is 0 Å². The SMILES string of the molecule is Cc1cc(C)c(-c2ccc(N3CCN(C(=O)COc4cc(Cl)c(Cl)cc4Cl)CC3)nn2)cc1C. The molecule has 6 nitrogen and oxygen atoms in total. The zero-order valence-corrected chi connectivity index (χ0v) is 21.5. The number of amides is 1. The first-order valence-corrected chi connectivity index (χ1v) is 12.1. The molecule has 0 spiro atoms. The number of nitrogens with zero attached hydrogens (tertiary/aromatic N) is 4. The van der Waals surface area contributed by atoms with Crippen LogP contribution in [-0.4, -0.2) is 53.8 Å². The van der Waals surface area contributed by atoms with E-state index >= 15 is 0 Å². The third kappa shape index (κ3) is 5.40. The number of benzene rings is 2. The van der Waals surface area contributed by atoms with E-state index in [2.05, 4.69) is 48.0 Å². The Morgan fingerprint density at radius 3 is 2.21 bits per heavy atom. The third-order valence-corrected chi connectivity index (χ3v) is 7.07. The van der Waals surface area contributed by atoms with Gasteiger partial charge < -0.3 is 14.5 Å². The predicted octanol–water partition coefficient (Wildman–Crippen LogP) is 5.76. The normalized spacial score (nSPS) is 13.8. The maximum Gasteiger partial charge on any atom is 0.260 e. The topological polar surface area (TPSA) is 58.6 Å². The number of halogens is 3. The van der Waals surface area contributed by atoms with E-state index in [-0.39, 0.29) is 12.5 Å². The Kier molecular flexibility index (Phi) is 7.51. The van der Waals surface area contributed by atoms with Gasteiger partial charge in [-0.2, -0.15) is 0 Å². The van der Waals surface area contributed by atoms with Gasteiger partial charge in [-0.05, 0) is 61.7 Å². The number of aryl methyl sites for hydroxylation is 3. The Morgan fingerprint density at radius 1 is 0.853 bits per heavy atom. The first-order chi connectivity index (χ1) is 16.2.